The van der Waals surface area contributed by atoms with Crippen LogP contribution in [0.4, 0.5) is 0 Å². The fourth-order valence-electron chi connectivity index (χ4n) is 2.38. The van der Waals surface area contributed by atoms with E-state index < -0.39 is 12.1 Å². The van der Waals surface area contributed by atoms with E-state index in [-0.39, 0.29) is 23.3 Å². The summed E-state index contributed by atoms with van der Waals surface area (Å²) >= 11 is 0. The lowest BCUT2D eigenvalue weighted by atomic mass is 9.83. The van der Waals surface area contributed by atoms with Gasteiger partial charge in [-0.05, 0) is 18.8 Å². The van der Waals surface area contributed by atoms with E-state index in [1.807, 2.05) is 27.7 Å². The molecule has 1 rings (SSSR count). The highest BCUT2D eigenvalue weighted by Gasteiger charge is 2.45. The van der Waals surface area contributed by atoms with Crippen LogP contribution in [0.15, 0.2) is 0 Å². The van der Waals surface area contributed by atoms with E-state index in [0.717, 1.165) is 12.8 Å². The highest BCUT2D eigenvalue weighted by molar-refractivity contribution is 5.97. The topological polar surface area (TPSA) is 49.4 Å². The molecule has 4 heteroatoms. The van der Waals surface area contributed by atoms with Crippen molar-refractivity contribution < 1.29 is 9.59 Å². The van der Waals surface area contributed by atoms with Crippen LogP contribution in [0.3, 0.4) is 0 Å². The number of nitrogens with zero attached hydrogens (tertiary/aromatic N) is 1. The van der Waals surface area contributed by atoms with Gasteiger partial charge in [0.1, 0.15) is 12.1 Å². The largest absolute Gasteiger partial charge is 0.342 e. The van der Waals surface area contributed by atoms with Gasteiger partial charge in [-0.2, -0.15) is 0 Å². The normalized spacial score (nSPS) is 25.8. The molecule has 0 aromatic heterocycles. The number of hydrogen-bond donors (Lipinski definition) is 1. The van der Waals surface area contributed by atoms with Crippen molar-refractivity contribution in [1.29, 1.82) is 0 Å². The molecule has 0 radical (unpaired) electrons. The smallest absolute Gasteiger partial charge is 0.247 e. The summed E-state index contributed by atoms with van der Waals surface area (Å²) in [4.78, 5) is 26.3. The molecule has 1 aliphatic rings. The maximum Gasteiger partial charge on any atom is 0.247 e. The van der Waals surface area contributed by atoms with Crippen molar-refractivity contribution in [1.82, 2.24) is 10.2 Å². The zero-order valence-corrected chi connectivity index (χ0v) is 12.5. The average Bonchev–Trinajstić information content (AvgIpc) is 2.31. The molecular formula is C15H24N2O2. The molecule has 1 heterocycles. The summed E-state index contributed by atoms with van der Waals surface area (Å²) in [6, 6.07) is -1.31. The van der Waals surface area contributed by atoms with Crippen molar-refractivity contribution in [3.05, 3.63) is 0 Å². The molecule has 3 unspecified atom stereocenters. The molecule has 0 aromatic rings. The SMILES string of the molecule is C#CC(CCC)N1C(=O)C(C(C)(C)C)NC(=O)C1C. The Morgan fingerprint density at radius 2 is 2.00 bits per heavy atom. The van der Waals surface area contributed by atoms with Crippen molar-refractivity contribution in [3.8, 4) is 12.3 Å². The zero-order valence-electron chi connectivity index (χ0n) is 12.5. The first-order valence-corrected chi connectivity index (χ1v) is 6.82. The Bertz CT molecular complexity index is 403. The van der Waals surface area contributed by atoms with Gasteiger partial charge in [0.2, 0.25) is 11.8 Å². The Hall–Kier alpha value is -1.50. The van der Waals surface area contributed by atoms with E-state index in [4.69, 9.17) is 6.42 Å². The van der Waals surface area contributed by atoms with E-state index in [2.05, 4.69) is 11.2 Å². The van der Waals surface area contributed by atoms with Crippen LogP contribution in [0.2, 0.25) is 0 Å². The van der Waals surface area contributed by atoms with Crippen molar-refractivity contribution in [3.63, 3.8) is 0 Å². The Morgan fingerprint density at radius 3 is 2.42 bits per heavy atom. The number of nitrogens with one attached hydrogen (secondary N) is 1. The van der Waals surface area contributed by atoms with E-state index in [1.165, 1.54) is 0 Å². The quantitative estimate of drug-likeness (QED) is 0.786. The molecule has 106 valence electrons. The predicted molar refractivity (Wildman–Crippen MR) is 75.2 cm³/mol. The molecule has 1 saturated heterocycles. The predicted octanol–water partition coefficient (Wildman–Crippen LogP) is 1.55. The summed E-state index contributed by atoms with van der Waals surface area (Å²) in [7, 11) is 0. The summed E-state index contributed by atoms with van der Waals surface area (Å²) < 4.78 is 0. The Balaban J connectivity index is 3.09. The molecule has 0 saturated carbocycles. The molecule has 0 bridgehead atoms. The summed E-state index contributed by atoms with van der Waals surface area (Å²) in [6.07, 6.45) is 7.14. The molecule has 19 heavy (non-hydrogen) atoms. The minimum Gasteiger partial charge on any atom is -0.342 e. The van der Waals surface area contributed by atoms with Gasteiger partial charge in [-0.3, -0.25) is 9.59 Å². The molecule has 2 amide bonds. The second-order valence-electron chi connectivity index (χ2n) is 6.20. The van der Waals surface area contributed by atoms with Gasteiger partial charge in [-0.15, -0.1) is 6.42 Å². The molecule has 0 aliphatic carbocycles. The highest BCUT2D eigenvalue weighted by atomic mass is 16.2. The van der Waals surface area contributed by atoms with Crippen molar-refractivity contribution in [2.45, 2.75) is 65.6 Å². The molecule has 3 atom stereocenters. The van der Waals surface area contributed by atoms with E-state index in [0.29, 0.717) is 0 Å². The van der Waals surface area contributed by atoms with Crippen LogP contribution in [0.25, 0.3) is 0 Å². The highest BCUT2D eigenvalue weighted by Crippen LogP contribution is 2.27. The number of carbonyl (C=O) groups is 2. The Kier molecular flexibility index (Phi) is 4.62. The summed E-state index contributed by atoms with van der Waals surface area (Å²) in [5, 5.41) is 2.81. The average molecular weight is 264 g/mol. The number of rotatable bonds is 3. The van der Waals surface area contributed by atoms with E-state index >= 15 is 0 Å². The van der Waals surface area contributed by atoms with Crippen molar-refractivity contribution >= 4 is 11.8 Å². The Morgan fingerprint density at radius 1 is 1.42 bits per heavy atom. The number of piperazine rings is 1. The summed E-state index contributed by atoms with van der Waals surface area (Å²) in [6.45, 7) is 9.56. The van der Waals surface area contributed by atoms with Crippen LogP contribution in [-0.2, 0) is 9.59 Å². The van der Waals surface area contributed by atoms with Crippen molar-refractivity contribution in [2.75, 3.05) is 0 Å². The minimum atomic E-state index is -0.510. The lowest BCUT2D eigenvalue weighted by Gasteiger charge is -2.44. The van der Waals surface area contributed by atoms with Gasteiger partial charge in [0, 0.05) is 0 Å². The Labute approximate surface area is 115 Å². The first-order valence-electron chi connectivity index (χ1n) is 6.82. The molecule has 0 spiro atoms. The third-order valence-electron chi connectivity index (χ3n) is 3.54. The van der Waals surface area contributed by atoms with Gasteiger partial charge in [0.05, 0.1) is 6.04 Å². The molecular weight excluding hydrogens is 240 g/mol. The van der Waals surface area contributed by atoms with E-state index in [1.54, 1.807) is 11.8 Å². The van der Waals surface area contributed by atoms with Gasteiger partial charge in [0.25, 0.3) is 0 Å². The number of terminal acetylenes is 1. The molecule has 1 fully saturated rings. The fourth-order valence-corrected chi connectivity index (χ4v) is 2.38. The summed E-state index contributed by atoms with van der Waals surface area (Å²) in [5.74, 6) is 2.45. The van der Waals surface area contributed by atoms with Crippen LogP contribution in [-0.4, -0.2) is 34.8 Å². The number of amides is 2. The van der Waals surface area contributed by atoms with Crippen LogP contribution >= 0.6 is 0 Å². The lowest BCUT2D eigenvalue weighted by Crippen LogP contribution is -2.67. The van der Waals surface area contributed by atoms with Gasteiger partial charge >= 0.3 is 0 Å². The summed E-state index contributed by atoms with van der Waals surface area (Å²) in [5.41, 5.74) is -0.323. The van der Waals surface area contributed by atoms with Gasteiger partial charge in [-0.25, -0.2) is 0 Å². The molecule has 0 aromatic carbocycles. The van der Waals surface area contributed by atoms with Gasteiger partial charge < -0.3 is 10.2 Å². The second-order valence-corrected chi connectivity index (χ2v) is 6.20. The maximum absolute atomic E-state index is 12.6. The third-order valence-corrected chi connectivity index (χ3v) is 3.54. The second kappa shape index (κ2) is 5.64. The first-order chi connectivity index (χ1) is 8.73. The first kappa shape index (κ1) is 15.6. The van der Waals surface area contributed by atoms with Crippen LogP contribution in [0.5, 0.6) is 0 Å². The minimum absolute atomic E-state index is 0.0731. The number of hydrogen-bond acceptors (Lipinski definition) is 2. The standard InChI is InChI=1S/C15H24N2O2/c1-7-9-11(8-2)17-10(3)13(18)16-12(14(17)19)15(4,5)6/h2,10-12H,7,9H2,1,3-6H3,(H,16,18). The fraction of sp³-hybridized carbons (Fsp3) is 0.733. The third kappa shape index (κ3) is 3.09. The molecule has 4 nitrogen and oxygen atoms in total. The monoisotopic (exact) mass is 264 g/mol. The van der Waals surface area contributed by atoms with Crippen LogP contribution in [0, 0.1) is 17.8 Å². The van der Waals surface area contributed by atoms with Crippen LogP contribution < -0.4 is 5.32 Å². The zero-order chi connectivity index (χ0) is 14.8. The maximum atomic E-state index is 12.6. The molecule has 1 aliphatic heterocycles. The van der Waals surface area contributed by atoms with Crippen molar-refractivity contribution in [2.24, 2.45) is 5.41 Å². The van der Waals surface area contributed by atoms with E-state index in [9.17, 15) is 9.59 Å². The lowest BCUT2D eigenvalue weighted by molar-refractivity contribution is -0.153. The van der Waals surface area contributed by atoms with Gasteiger partial charge in [-0.1, -0.05) is 40.0 Å². The van der Waals surface area contributed by atoms with Gasteiger partial charge in [0.15, 0.2) is 0 Å². The number of carbonyl (C=O) groups excluding carboxylic acids is 2. The molecule has 1 N–H and O–H groups in total. The van der Waals surface area contributed by atoms with Crippen LogP contribution in [0.1, 0.15) is 47.5 Å².